The lowest BCUT2D eigenvalue weighted by molar-refractivity contribution is 0.298. The molecule has 36 heavy (non-hydrogen) atoms. The molecule has 3 aromatic carbocycles. The van der Waals surface area contributed by atoms with Crippen LogP contribution in [0.2, 0.25) is 5.02 Å². The quantitative estimate of drug-likeness (QED) is 0.227. The Labute approximate surface area is 221 Å². The van der Waals surface area contributed by atoms with E-state index in [1.807, 2.05) is 18.2 Å². The van der Waals surface area contributed by atoms with E-state index in [0.717, 1.165) is 25.7 Å². The molecule has 184 valence electrons. The lowest BCUT2D eigenvalue weighted by Gasteiger charge is -2.22. The Kier molecular flexibility index (Phi) is 7.48. The summed E-state index contributed by atoms with van der Waals surface area (Å²) < 4.78 is 21.8. The topological polar surface area (TPSA) is 56.5 Å². The number of hydrogen-bond donors (Lipinski definition) is 0. The maximum absolute atomic E-state index is 13.9. The Morgan fingerprint density at radius 2 is 1.86 bits per heavy atom. The van der Waals surface area contributed by atoms with Crippen molar-refractivity contribution in [2.75, 3.05) is 0 Å². The average Bonchev–Trinajstić information content (AvgIpc) is 2.89. The van der Waals surface area contributed by atoms with Crippen LogP contribution >= 0.6 is 27.5 Å². The number of fused-ring (bicyclic) bond motifs is 1. The summed E-state index contributed by atoms with van der Waals surface area (Å²) in [6.07, 6.45) is 7.02. The SMILES string of the molecule is O=c1c2ccccc2nc(C2CCCCC2)n1N=Cc1cc(Cl)c(OCc2ccccc2F)c(Br)c1. The molecule has 1 aliphatic rings. The maximum atomic E-state index is 13.9. The molecular weight excluding hydrogens is 545 g/mol. The van der Waals surface area contributed by atoms with E-state index in [1.165, 1.54) is 17.2 Å². The summed E-state index contributed by atoms with van der Waals surface area (Å²) in [6.45, 7) is 0.0430. The molecule has 0 aliphatic heterocycles. The summed E-state index contributed by atoms with van der Waals surface area (Å²) in [5, 5.41) is 5.44. The van der Waals surface area contributed by atoms with Gasteiger partial charge in [0.25, 0.3) is 5.56 Å². The standard InChI is InChI=1S/C28H24BrClFN3O2/c29-22-14-18(15-23(30)26(22)36-17-20-10-4-6-12-24(20)31)16-32-34-27(19-8-2-1-3-9-19)33-25-13-7-5-11-21(25)28(34)35/h4-7,10-16,19H,1-3,8-9,17H2. The predicted octanol–water partition coefficient (Wildman–Crippen LogP) is 7.46. The number of halogens is 3. The number of aromatic nitrogens is 2. The number of ether oxygens (including phenoxy) is 1. The van der Waals surface area contributed by atoms with Crippen LogP contribution in [0.3, 0.4) is 0 Å². The first kappa shape index (κ1) is 24.7. The zero-order valence-electron chi connectivity index (χ0n) is 19.5. The van der Waals surface area contributed by atoms with Gasteiger partial charge in [-0.3, -0.25) is 4.79 Å². The zero-order valence-corrected chi connectivity index (χ0v) is 21.8. The van der Waals surface area contributed by atoms with Crippen molar-refractivity contribution in [3.63, 3.8) is 0 Å². The Hall–Kier alpha value is -3.03. The van der Waals surface area contributed by atoms with Gasteiger partial charge in [-0.25, -0.2) is 9.37 Å². The minimum absolute atomic E-state index is 0.0430. The molecule has 4 aromatic rings. The largest absolute Gasteiger partial charge is 0.486 e. The van der Waals surface area contributed by atoms with E-state index in [1.54, 1.807) is 42.6 Å². The summed E-state index contributed by atoms with van der Waals surface area (Å²) in [6, 6.07) is 17.3. The van der Waals surface area contributed by atoms with Crippen molar-refractivity contribution >= 4 is 44.6 Å². The average molecular weight is 569 g/mol. The third-order valence-electron chi connectivity index (χ3n) is 6.42. The second kappa shape index (κ2) is 10.9. The van der Waals surface area contributed by atoms with Gasteiger partial charge in [-0.05, 0) is 64.7 Å². The number of rotatable bonds is 6. The van der Waals surface area contributed by atoms with Crippen LogP contribution in [-0.2, 0) is 6.61 Å². The summed E-state index contributed by atoms with van der Waals surface area (Å²) in [4.78, 5) is 18.2. The normalized spacial score (nSPS) is 14.5. The van der Waals surface area contributed by atoms with Crippen LogP contribution in [0.25, 0.3) is 10.9 Å². The van der Waals surface area contributed by atoms with E-state index in [9.17, 15) is 9.18 Å². The molecule has 1 aromatic heterocycles. The van der Waals surface area contributed by atoms with Gasteiger partial charge in [0.2, 0.25) is 0 Å². The molecule has 0 radical (unpaired) electrons. The van der Waals surface area contributed by atoms with E-state index in [0.29, 0.717) is 43.1 Å². The first-order valence-corrected chi connectivity index (χ1v) is 13.1. The Bertz CT molecular complexity index is 1480. The van der Waals surface area contributed by atoms with Gasteiger partial charge in [0.1, 0.15) is 18.2 Å². The molecule has 5 rings (SSSR count). The second-order valence-corrected chi connectivity index (χ2v) is 10.1. The zero-order chi connectivity index (χ0) is 25.1. The Morgan fingerprint density at radius 3 is 2.64 bits per heavy atom. The van der Waals surface area contributed by atoms with E-state index in [-0.39, 0.29) is 23.9 Å². The van der Waals surface area contributed by atoms with Crippen molar-refractivity contribution in [2.45, 2.75) is 44.6 Å². The van der Waals surface area contributed by atoms with Crippen molar-refractivity contribution < 1.29 is 9.13 Å². The smallest absolute Gasteiger partial charge is 0.282 e. The van der Waals surface area contributed by atoms with Crippen LogP contribution in [-0.4, -0.2) is 15.9 Å². The van der Waals surface area contributed by atoms with Crippen molar-refractivity contribution in [3.05, 3.63) is 103 Å². The highest BCUT2D eigenvalue weighted by Gasteiger charge is 2.22. The third kappa shape index (κ3) is 5.22. The lowest BCUT2D eigenvalue weighted by atomic mass is 9.88. The molecule has 0 amide bonds. The van der Waals surface area contributed by atoms with Crippen LogP contribution < -0.4 is 10.3 Å². The summed E-state index contributed by atoms with van der Waals surface area (Å²) in [5.74, 6) is 0.962. The van der Waals surface area contributed by atoms with Gasteiger partial charge in [0, 0.05) is 11.5 Å². The summed E-state index contributed by atoms with van der Waals surface area (Å²) >= 11 is 9.99. The van der Waals surface area contributed by atoms with Crippen molar-refractivity contribution in [3.8, 4) is 5.75 Å². The summed E-state index contributed by atoms with van der Waals surface area (Å²) in [5.41, 5.74) is 1.62. The number of benzene rings is 3. The fourth-order valence-corrected chi connectivity index (χ4v) is 5.55. The second-order valence-electron chi connectivity index (χ2n) is 8.88. The molecule has 1 fully saturated rings. The molecule has 0 saturated heterocycles. The van der Waals surface area contributed by atoms with Crippen molar-refractivity contribution in [1.29, 1.82) is 0 Å². The molecule has 5 nitrogen and oxygen atoms in total. The molecule has 0 spiro atoms. The van der Waals surface area contributed by atoms with Crippen LogP contribution in [0.15, 0.2) is 75.0 Å². The number of hydrogen-bond acceptors (Lipinski definition) is 4. The molecule has 0 atom stereocenters. The molecule has 0 bridgehead atoms. The highest BCUT2D eigenvalue weighted by atomic mass is 79.9. The fourth-order valence-electron chi connectivity index (χ4n) is 4.56. The highest BCUT2D eigenvalue weighted by Crippen LogP contribution is 2.35. The minimum Gasteiger partial charge on any atom is -0.486 e. The maximum Gasteiger partial charge on any atom is 0.282 e. The third-order valence-corrected chi connectivity index (χ3v) is 7.29. The lowest BCUT2D eigenvalue weighted by Crippen LogP contribution is -2.25. The van der Waals surface area contributed by atoms with Gasteiger partial charge >= 0.3 is 0 Å². The fraction of sp³-hybridized carbons (Fsp3) is 0.250. The molecule has 8 heteroatoms. The van der Waals surface area contributed by atoms with Crippen LogP contribution in [0.4, 0.5) is 4.39 Å². The molecule has 1 heterocycles. The summed E-state index contributed by atoms with van der Waals surface area (Å²) in [7, 11) is 0. The number of nitrogens with zero attached hydrogens (tertiary/aromatic N) is 3. The van der Waals surface area contributed by atoms with Gasteiger partial charge in [0.05, 0.1) is 26.6 Å². The Balaban J connectivity index is 1.46. The van der Waals surface area contributed by atoms with Gasteiger partial charge in [-0.2, -0.15) is 9.78 Å². The van der Waals surface area contributed by atoms with E-state index >= 15 is 0 Å². The molecule has 1 aliphatic carbocycles. The Morgan fingerprint density at radius 1 is 1.11 bits per heavy atom. The van der Waals surface area contributed by atoms with Gasteiger partial charge in [0.15, 0.2) is 5.75 Å². The minimum atomic E-state index is -0.336. The molecule has 0 unspecified atom stereocenters. The van der Waals surface area contributed by atoms with Gasteiger partial charge in [-0.1, -0.05) is 61.2 Å². The first-order valence-electron chi connectivity index (χ1n) is 11.9. The molecular formula is C28H24BrClFN3O2. The van der Waals surface area contributed by atoms with E-state index in [2.05, 4.69) is 21.0 Å². The highest BCUT2D eigenvalue weighted by molar-refractivity contribution is 9.10. The first-order chi connectivity index (χ1) is 17.5. The van der Waals surface area contributed by atoms with E-state index < -0.39 is 0 Å². The monoisotopic (exact) mass is 567 g/mol. The number of para-hydroxylation sites is 1. The van der Waals surface area contributed by atoms with Gasteiger partial charge < -0.3 is 4.74 Å². The van der Waals surface area contributed by atoms with Crippen LogP contribution in [0, 0.1) is 5.82 Å². The molecule has 0 N–H and O–H groups in total. The van der Waals surface area contributed by atoms with Gasteiger partial charge in [-0.15, -0.1) is 0 Å². The van der Waals surface area contributed by atoms with Crippen molar-refractivity contribution in [1.82, 2.24) is 9.66 Å². The van der Waals surface area contributed by atoms with Crippen molar-refractivity contribution in [2.24, 2.45) is 5.10 Å². The predicted molar refractivity (Wildman–Crippen MR) is 145 cm³/mol. The van der Waals surface area contributed by atoms with Crippen LogP contribution in [0.1, 0.15) is 55.0 Å². The van der Waals surface area contributed by atoms with E-state index in [4.69, 9.17) is 21.3 Å². The van der Waals surface area contributed by atoms with Crippen LogP contribution in [0.5, 0.6) is 5.75 Å². The molecule has 1 saturated carbocycles.